The maximum atomic E-state index is 14.3. The monoisotopic (exact) mass is 987 g/mol. The largest absolute Gasteiger partial charge is 2.00 e. The zero-order valence-corrected chi connectivity index (χ0v) is 37.7. The van der Waals surface area contributed by atoms with E-state index in [1.54, 1.807) is 0 Å². The second-order valence-corrected chi connectivity index (χ2v) is 17.1. The predicted octanol–water partition coefficient (Wildman–Crippen LogP) is -3.37. The minimum atomic E-state index is -0.146. The van der Waals surface area contributed by atoms with Crippen molar-refractivity contribution in [3.05, 3.63) is 93.0 Å². The molecule has 9 nitrogen and oxygen atoms in total. The molecule has 0 fully saturated rings. The Morgan fingerprint density at radius 3 is 0.538 bits per heavy atom. The first-order valence-corrected chi connectivity index (χ1v) is 16.5. The summed E-state index contributed by atoms with van der Waals surface area (Å²) in [5.74, 6) is -0.585. The number of hydrogen-bond donors (Lipinski definition) is 0. The first-order chi connectivity index (χ1) is 21.9. The van der Waals surface area contributed by atoms with Crippen LogP contribution < -0.4 is 86.3 Å². The van der Waals surface area contributed by atoms with Crippen molar-refractivity contribution in [1.29, 1.82) is 0 Å². The third-order valence-electron chi connectivity index (χ3n) is 9.53. The van der Waals surface area contributed by atoms with Crippen LogP contribution >= 0.6 is 0 Å². The van der Waals surface area contributed by atoms with Gasteiger partial charge in [-0.05, 0) is 70.2 Å². The van der Waals surface area contributed by atoms with Crippen molar-refractivity contribution in [3.8, 4) is 23.0 Å². The van der Waals surface area contributed by atoms with Crippen LogP contribution in [-0.4, -0.2) is 90.0 Å². The maximum absolute atomic E-state index is 14.3. The summed E-state index contributed by atoms with van der Waals surface area (Å²) in [4.78, 5) is 0. The molecule has 4 aromatic rings. The summed E-state index contributed by atoms with van der Waals surface area (Å²) in [5, 5.41) is 57.1. The van der Waals surface area contributed by atoms with E-state index in [9.17, 15) is 20.4 Å². The van der Waals surface area contributed by atoms with Gasteiger partial charge < -0.3 is 73.9 Å². The molecule has 0 atom stereocenters. The van der Waals surface area contributed by atoms with Gasteiger partial charge in [-0.25, -0.2) is 0 Å². The van der Waals surface area contributed by atoms with Crippen molar-refractivity contribution < 1.29 is 90.9 Å². The van der Waals surface area contributed by atoms with Crippen LogP contribution in [0, 0.1) is 0 Å². The molecule has 0 heterocycles. The van der Waals surface area contributed by atoms with Gasteiger partial charge in [0.15, 0.2) is 0 Å². The topological polar surface area (TPSA) is 124 Å². The number of quaternary nitrogens is 4. The van der Waals surface area contributed by atoms with Gasteiger partial charge in [0.2, 0.25) is 0 Å². The van der Waals surface area contributed by atoms with E-state index in [0.29, 0.717) is 62.4 Å². The summed E-state index contributed by atoms with van der Waals surface area (Å²) in [5.41, 5.74) is 7.90. The van der Waals surface area contributed by atoms with Crippen molar-refractivity contribution in [2.45, 2.75) is 25.7 Å². The smallest absolute Gasteiger partial charge is 1.00 e. The predicted molar refractivity (Wildman–Crippen MR) is 197 cm³/mol. The van der Waals surface area contributed by atoms with E-state index < -0.39 is 0 Å². The van der Waals surface area contributed by atoms with Gasteiger partial charge in [0, 0.05) is 48.5 Å². The van der Waals surface area contributed by atoms with E-state index in [1.165, 1.54) is 0 Å². The molecule has 0 aliphatic heterocycles. The van der Waals surface area contributed by atoms with Gasteiger partial charge in [-0.15, -0.1) is 23.0 Å². The van der Waals surface area contributed by atoms with E-state index in [2.05, 4.69) is 0 Å². The Labute approximate surface area is 355 Å². The molecular weight excluding hydrogens is 934 g/mol. The summed E-state index contributed by atoms with van der Waals surface area (Å²) in [7, 11) is 24.5. The Bertz CT molecular complexity index is 1550. The Kier molecular flexibility index (Phi) is 15.4. The van der Waals surface area contributed by atoms with Gasteiger partial charge in [0.1, 0.15) is 22.7 Å². The summed E-state index contributed by atoms with van der Waals surface area (Å²) < 4.78 is 1.88. The molecule has 1 aliphatic carbocycles. The number of rotatable bonds is 4. The average Bonchev–Trinajstić information content (AvgIpc) is 2.93. The van der Waals surface area contributed by atoms with Crippen molar-refractivity contribution in [2.75, 3.05) is 84.6 Å². The summed E-state index contributed by atoms with van der Waals surface area (Å²) in [6, 6.07) is 15.3. The van der Waals surface area contributed by atoms with E-state index in [4.69, 9.17) is 0 Å². The maximum Gasteiger partial charge on any atom is 2.00 e. The summed E-state index contributed by atoms with van der Waals surface area (Å²) in [6.07, 6.45) is 0.620. The Balaban J connectivity index is 0.00000338. The molecule has 8 bridgehead atoms. The molecule has 0 amide bonds. The van der Waals surface area contributed by atoms with Gasteiger partial charge in [0.25, 0.3) is 0 Å². The fourth-order valence-corrected chi connectivity index (χ4v) is 6.36. The molecule has 1 radical (unpaired) electrons. The van der Waals surface area contributed by atoms with E-state index in [1.807, 2.05) is 133 Å². The molecule has 52 heavy (non-hydrogen) atoms. The van der Waals surface area contributed by atoms with Gasteiger partial charge in [-0.1, -0.05) is 0 Å². The quantitative estimate of drug-likeness (QED) is 0.106. The second-order valence-electron chi connectivity index (χ2n) is 17.1. The van der Waals surface area contributed by atoms with Crippen LogP contribution in [0.3, 0.4) is 0 Å². The summed E-state index contributed by atoms with van der Waals surface area (Å²) >= 11 is 0. The van der Waals surface area contributed by atoms with Crippen LogP contribution in [0.5, 0.6) is 23.0 Å². The molecular formula is C40H54CuI2N4O5. The minimum Gasteiger partial charge on any atom is -1.00 e. The number of halogens is 2. The SMILES string of the molecule is C[N+](C)(C)c1cc2c([O-])c(c1)Cc1cc([N+](C)(C)C)cc(c1[O-])Cc1cc([N+](C)(C)C)cc(c1[O-])Cc1cc([N+](C)(C)C)cc(c1[O-])C2.O.[Cu+2].[I-].[I-]. The van der Waals surface area contributed by atoms with Crippen LogP contribution in [0.4, 0.5) is 22.7 Å². The zero-order valence-electron chi connectivity index (χ0n) is 32.4. The summed E-state index contributed by atoms with van der Waals surface area (Å²) in [6.45, 7) is 0. The van der Waals surface area contributed by atoms with Crippen molar-refractivity contribution in [2.24, 2.45) is 0 Å². The fourth-order valence-electron chi connectivity index (χ4n) is 6.36. The van der Waals surface area contributed by atoms with Crippen molar-refractivity contribution >= 4 is 22.7 Å². The number of hydrogen-bond acceptors (Lipinski definition) is 4. The Morgan fingerprint density at radius 1 is 0.327 bits per heavy atom. The molecule has 1 aliphatic rings. The molecule has 0 saturated carbocycles. The van der Waals surface area contributed by atoms with Crippen LogP contribution in [0.2, 0.25) is 0 Å². The Morgan fingerprint density at radius 2 is 0.442 bits per heavy atom. The second kappa shape index (κ2) is 16.7. The molecule has 2 N–H and O–H groups in total. The molecule has 0 saturated heterocycles. The zero-order chi connectivity index (χ0) is 35.7. The molecule has 0 aromatic heterocycles. The molecule has 12 heteroatoms. The van der Waals surface area contributed by atoms with Gasteiger partial charge in [-0.3, -0.25) is 17.9 Å². The fraction of sp³-hybridized carbons (Fsp3) is 0.400. The Hall–Kier alpha value is -2.14. The normalized spacial score (nSPS) is 13.2. The third-order valence-corrected chi connectivity index (χ3v) is 9.53. The van der Waals surface area contributed by atoms with Crippen LogP contribution in [0.1, 0.15) is 44.5 Å². The van der Waals surface area contributed by atoms with Crippen LogP contribution in [0.25, 0.3) is 0 Å². The average molecular weight is 988 g/mol. The van der Waals surface area contributed by atoms with Gasteiger partial charge in [-0.2, -0.15) is 0 Å². The first kappa shape index (κ1) is 47.9. The third kappa shape index (κ3) is 10.1. The van der Waals surface area contributed by atoms with E-state index >= 15 is 0 Å². The van der Waals surface area contributed by atoms with Gasteiger partial charge in [0.05, 0.1) is 84.6 Å². The number of nitrogens with zero attached hydrogens (tertiary/aromatic N) is 4. The minimum absolute atomic E-state index is 0. The van der Waals surface area contributed by atoms with Crippen LogP contribution in [0.15, 0.2) is 48.5 Å². The number of benzene rings is 4. The molecule has 0 spiro atoms. The standard InChI is InChI=1S/C40H52N4O4.Cu.2HI.H2O/c1-41(2,3)33-17-25-13-27-19-34(42(4,5)6)21-29(38(27)46)15-31-23-36(44(10,11)12)24-32(40(31)48)16-30-22-35(43(7,8)9)20-28(39(30)47)14-26(18-33)37(25)45;;;;/h17-24H,13-16H2,1-12H3;;2*1H;1H2/q;+2;;;/p-2. The van der Waals surface area contributed by atoms with Crippen molar-refractivity contribution in [3.63, 3.8) is 0 Å². The molecule has 4 aromatic carbocycles. The molecule has 5 rings (SSSR count). The van der Waals surface area contributed by atoms with E-state index in [-0.39, 0.29) is 119 Å². The molecule has 0 unspecified atom stereocenters. The first-order valence-electron chi connectivity index (χ1n) is 16.5. The number of fused-ring (bicyclic) bond motifs is 8. The molecule has 289 valence electrons. The van der Waals surface area contributed by atoms with Gasteiger partial charge >= 0.3 is 17.1 Å². The van der Waals surface area contributed by atoms with Crippen LogP contribution in [-0.2, 0) is 42.8 Å². The van der Waals surface area contributed by atoms with E-state index in [0.717, 1.165) is 22.7 Å². The van der Waals surface area contributed by atoms with Crippen molar-refractivity contribution in [1.82, 2.24) is 17.9 Å².